The largest absolute Gasteiger partial charge is 0.364 e. The van der Waals surface area contributed by atoms with E-state index in [1.54, 1.807) is 12.3 Å². The van der Waals surface area contributed by atoms with Crippen molar-refractivity contribution in [2.45, 2.75) is 6.54 Å². The van der Waals surface area contributed by atoms with Gasteiger partial charge in [0.2, 0.25) is 0 Å². The standard InChI is InChI=1S/C22H17F2N5/c23-17-10-6-11-18(24)21(17)27-20-13-19(26-14-16-9-4-5-12-25-16)28-22(29-20)15-7-2-1-3-8-15/h1-13H,14H2,(H2,26,27,28,29). The van der Waals surface area contributed by atoms with Crippen molar-refractivity contribution in [1.82, 2.24) is 15.0 Å². The molecule has 2 N–H and O–H groups in total. The molecule has 5 nitrogen and oxygen atoms in total. The van der Waals surface area contributed by atoms with Crippen LogP contribution in [0.1, 0.15) is 5.69 Å². The zero-order valence-corrected chi connectivity index (χ0v) is 15.3. The Kier molecular flexibility index (Phi) is 5.38. The second-order valence-electron chi connectivity index (χ2n) is 6.22. The predicted molar refractivity (Wildman–Crippen MR) is 109 cm³/mol. The third-order valence-electron chi connectivity index (χ3n) is 4.15. The Morgan fingerprint density at radius 2 is 1.48 bits per heavy atom. The Morgan fingerprint density at radius 1 is 0.759 bits per heavy atom. The number of nitrogens with one attached hydrogen (secondary N) is 2. The summed E-state index contributed by atoms with van der Waals surface area (Å²) in [5.41, 5.74) is 1.36. The van der Waals surface area contributed by atoms with Crippen LogP contribution in [0.3, 0.4) is 0 Å². The van der Waals surface area contributed by atoms with Crippen molar-refractivity contribution in [3.8, 4) is 11.4 Å². The number of hydrogen-bond acceptors (Lipinski definition) is 5. The molecular formula is C22H17F2N5. The molecule has 144 valence electrons. The predicted octanol–water partition coefficient (Wildman–Crippen LogP) is 5.17. The highest BCUT2D eigenvalue weighted by molar-refractivity contribution is 5.65. The van der Waals surface area contributed by atoms with E-state index in [2.05, 4.69) is 25.6 Å². The fourth-order valence-corrected chi connectivity index (χ4v) is 2.75. The van der Waals surface area contributed by atoms with Crippen LogP contribution in [0.2, 0.25) is 0 Å². The second kappa shape index (κ2) is 8.43. The molecule has 0 aliphatic heterocycles. The molecule has 0 saturated heterocycles. The van der Waals surface area contributed by atoms with Crippen molar-refractivity contribution in [1.29, 1.82) is 0 Å². The molecule has 0 bridgehead atoms. The van der Waals surface area contributed by atoms with E-state index in [4.69, 9.17) is 0 Å². The quantitative estimate of drug-likeness (QED) is 0.476. The Balaban J connectivity index is 1.68. The number of benzene rings is 2. The highest BCUT2D eigenvalue weighted by Crippen LogP contribution is 2.26. The van der Waals surface area contributed by atoms with Gasteiger partial charge < -0.3 is 10.6 Å². The van der Waals surface area contributed by atoms with Crippen LogP contribution in [0, 0.1) is 11.6 Å². The van der Waals surface area contributed by atoms with Gasteiger partial charge in [-0.2, -0.15) is 0 Å². The van der Waals surface area contributed by atoms with Gasteiger partial charge in [0.1, 0.15) is 29.0 Å². The minimum atomic E-state index is -0.701. The van der Waals surface area contributed by atoms with Crippen LogP contribution in [-0.4, -0.2) is 15.0 Å². The SMILES string of the molecule is Fc1cccc(F)c1Nc1cc(NCc2ccccn2)nc(-c2ccccc2)n1. The van der Waals surface area contributed by atoms with Crippen LogP contribution in [0.15, 0.2) is 79.0 Å². The molecule has 0 amide bonds. The van der Waals surface area contributed by atoms with Crippen LogP contribution < -0.4 is 10.6 Å². The Morgan fingerprint density at radius 3 is 2.21 bits per heavy atom. The van der Waals surface area contributed by atoms with Crippen LogP contribution in [0.5, 0.6) is 0 Å². The smallest absolute Gasteiger partial charge is 0.163 e. The van der Waals surface area contributed by atoms with Crippen molar-refractivity contribution in [2.24, 2.45) is 0 Å². The summed E-state index contributed by atoms with van der Waals surface area (Å²) < 4.78 is 28.1. The molecule has 2 aromatic heterocycles. The van der Waals surface area contributed by atoms with Gasteiger partial charge in [0, 0.05) is 17.8 Å². The highest BCUT2D eigenvalue weighted by atomic mass is 19.1. The maximum Gasteiger partial charge on any atom is 0.163 e. The summed E-state index contributed by atoms with van der Waals surface area (Å²) in [5, 5.41) is 5.92. The van der Waals surface area contributed by atoms with Gasteiger partial charge in [-0.15, -0.1) is 0 Å². The van der Waals surface area contributed by atoms with Crippen molar-refractivity contribution in [3.63, 3.8) is 0 Å². The first-order valence-corrected chi connectivity index (χ1v) is 8.98. The molecule has 0 spiro atoms. The molecule has 2 aromatic carbocycles. The van der Waals surface area contributed by atoms with Gasteiger partial charge in [-0.3, -0.25) is 4.98 Å². The molecule has 4 rings (SSSR count). The number of nitrogens with zero attached hydrogens (tertiary/aromatic N) is 3. The van der Waals surface area contributed by atoms with Gasteiger partial charge in [0.25, 0.3) is 0 Å². The zero-order chi connectivity index (χ0) is 20.1. The summed E-state index contributed by atoms with van der Waals surface area (Å²) in [6, 6.07) is 20.3. The number of pyridine rings is 1. The normalized spacial score (nSPS) is 10.6. The molecule has 0 saturated carbocycles. The summed E-state index contributed by atoms with van der Waals surface area (Å²) >= 11 is 0. The number of anilines is 3. The van der Waals surface area contributed by atoms with Crippen LogP contribution in [-0.2, 0) is 6.54 Å². The van der Waals surface area contributed by atoms with Gasteiger partial charge in [0.15, 0.2) is 5.82 Å². The number of hydrogen-bond donors (Lipinski definition) is 2. The molecule has 0 aliphatic rings. The van der Waals surface area contributed by atoms with Crippen LogP contribution in [0.25, 0.3) is 11.4 Å². The lowest BCUT2D eigenvalue weighted by molar-refractivity contribution is 0.590. The Labute approximate surface area is 166 Å². The summed E-state index contributed by atoms with van der Waals surface area (Å²) in [6.07, 6.45) is 1.71. The van der Waals surface area contributed by atoms with E-state index >= 15 is 0 Å². The molecule has 0 aliphatic carbocycles. The lowest BCUT2D eigenvalue weighted by Crippen LogP contribution is -2.07. The summed E-state index contributed by atoms with van der Waals surface area (Å²) in [7, 11) is 0. The van der Waals surface area contributed by atoms with Crippen LogP contribution in [0.4, 0.5) is 26.1 Å². The topological polar surface area (TPSA) is 62.7 Å². The Hall–Kier alpha value is -3.87. The second-order valence-corrected chi connectivity index (χ2v) is 6.22. The zero-order valence-electron chi connectivity index (χ0n) is 15.3. The van der Waals surface area contributed by atoms with Crippen LogP contribution >= 0.6 is 0 Å². The minimum absolute atomic E-state index is 0.263. The lowest BCUT2D eigenvalue weighted by atomic mass is 10.2. The summed E-state index contributed by atoms with van der Waals surface area (Å²) in [5.74, 6) is -0.202. The number of halogens is 2. The first-order valence-electron chi connectivity index (χ1n) is 8.98. The molecule has 0 fully saturated rings. The summed E-state index contributed by atoms with van der Waals surface area (Å²) in [6.45, 7) is 0.444. The van der Waals surface area contributed by atoms with Gasteiger partial charge >= 0.3 is 0 Å². The van der Waals surface area contributed by atoms with Crippen molar-refractivity contribution < 1.29 is 8.78 Å². The average Bonchev–Trinajstić information content (AvgIpc) is 2.76. The molecule has 29 heavy (non-hydrogen) atoms. The Bertz CT molecular complexity index is 1080. The highest BCUT2D eigenvalue weighted by Gasteiger charge is 2.12. The van der Waals surface area contributed by atoms with Gasteiger partial charge in [-0.25, -0.2) is 18.7 Å². The van der Waals surface area contributed by atoms with Crippen molar-refractivity contribution in [2.75, 3.05) is 10.6 Å². The number of rotatable bonds is 6. The van der Waals surface area contributed by atoms with E-state index in [1.165, 1.54) is 18.2 Å². The molecule has 4 aromatic rings. The molecule has 0 radical (unpaired) electrons. The van der Waals surface area contributed by atoms with Gasteiger partial charge in [0.05, 0.1) is 12.2 Å². The van der Waals surface area contributed by atoms with Gasteiger partial charge in [-0.05, 0) is 24.3 Å². The summed E-state index contributed by atoms with van der Waals surface area (Å²) in [4.78, 5) is 13.2. The first kappa shape index (κ1) is 18.5. The fraction of sp³-hybridized carbons (Fsp3) is 0.0455. The third kappa shape index (κ3) is 4.52. The van der Waals surface area contributed by atoms with E-state index in [9.17, 15) is 8.78 Å². The van der Waals surface area contributed by atoms with Crippen molar-refractivity contribution in [3.05, 3.63) is 96.3 Å². The molecule has 7 heteroatoms. The molecule has 2 heterocycles. The number of para-hydroxylation sites is 1. The van der Waals surface area contributed by atoms with E-state index in [0.29, 0.717) is 18.2 Å². The number of aromatic nitrogens is 3. The average molecular weight is 389 g/mol. The molecule has 0 unspecified atom stereocenters. The van der Waals surface area contributed by atoms with Crippen molar-refractivity contribution >= 4 is 17.3 Å². The maximum absolute atomic E-state index is 14.1. The van der Waals surface area contributed by atoms with E-state index in [-0.39, 0.29) is 11.5 Å². The fourth-order valence-electron chi connectivity index (χ4n) is 2.75. The van der Waals surface area contributed by atoms with Gasteiger partial charge in [-0.1, -0.05) is 42.5 Å². The van der Waals surface area contributed by atoms with E-state index < -0.39 is 11.6 Å². The first-order chi connectivity index (χ1) is 14.2. The monoisotopic (exact) mass is 389 g/mol. The lowest BCUT2D eigenvalue weighted by Gasteiger charge is -2.12. The maximum atomic E-state index is 14.1. The molecular weight excluding hydrogens is 372 g/mol. The van der Waals surface area contributed by atoms with E-state index in [1.807, 2.05) is 48.5 Å². The minimum Gasteiger partial charge on any atom is -0.364 e. The molecule has 0 atom stereocenters. The third-order valence-corrected chi connectivity index (χ3v) is 4.15. The van der Waals surface area contributed by atoms with E-state index in [0.717, 1.165) is 11.3 Å².